The van der Waals surface area contributed by atoms with Gasteiger partial charge in [-0.25, -0.2) is 0 Å². The Morgan fingerprint density at radius 1 is 1.17 bits per heavy atom. The molecule has 0 fully saturated rings. The first-order valence-corrected chi connectivity index (χ1v) is 7.71. The molecule has 2 unspecified atom stereocenters. The smallest absolute Gasteiger partial charge is 0.0976 e. The van der Waals surface area contributed by atoms with Crippen LogP contribution in [-0.2, 0) is 9.47 Å². The molecular weight excluding hydrogens is 264 g/mol. The fourth-order valence-electron chi connectivity index (χ4n) is 1.41. The third-order valence-corrected chi connectivity index (χ3v) is 3.45. The van der Waals surface area contributed by atoms with E-state index >= 15 is 0 Å². The van der Waals surface area contributed by atoms with E-state index in [2.05, 4.69) is 24.8 Å². The summed E-state index contributed by atoms with van der Waals surface area (Å²) in [5, 5.41) is 0. The van der Waals surface area contributed by atoms with E-state index in [-0.39, 0.29) is 17.6 Å². The molecule has 1 aromatic carbocycles. The molecule has 18 heavy (non-hydrogen) atoms. The van der Waals surface area contributed by atoms with Crippen LogP contribution in [0.1, 0.15) is 20.8 Å². The molecule has 0 spiro atoms. The van der Waals surface area contributed by atoms with Gasteiger partial charge in [-0.1, -0.05) is 18.2 Å². The van der Waals surface area contributed by atoms with Crippen LogP contribution in [-0.4, -0.2) is 30.0 Å². The van der Waals surface area contributed by atoms with Gasteiger partial charge in [-0.3, -0.25) is 0 Å². The lowest BCUT2D eigenvalue weighted by molar-refractivity contribution is -0.0284. The van der Waals surface area contributed by atoms with Crippen molar-refractivity contribution in [3.05, 3.63) is 30.3 Å². The Labute approximate surface area is 120 Å². The van der Waals surface area contributed by atoms with Gasteiger partial charge in [0.15, 0.2) is 0 Å². The van der Waals surface area contributed by atoms with E-state index in [1.807, 2.05) is 39.0 Å². The van der Waals surface area contributed by atoms with Crippen LogP contribution in [0.15, 0.2) is 35.2 Å². The molecule has 0 heterocycles. The molecule has 4 heteroatoms. The van der Waals surface area contributed by atoms with E-state index in [1.54, 1.807) is 11.8 Å². The van der Waals surface area contributed by atoms with Crippen LogP contribution >= 0.6 is 24.4 Å². The first-order chi connectivity index (χ1) is 8.58. The molecule has 0 saturated carbocycles. The zero-order valence-electron chi connectivity index (χ0n) is 11.2. The van der Waals surface area contributed by atoms with E-state index in [0.29, 0.717) is 6.61 Å². The van der Waals surface area contributed by atoms with Gasteiger partial charge < -0.3 is 9.47 Å². The summed E-state index contributed by atoms with van der Waals surface area (Å²) in [5.41, 5.74) is -0.0675. The monoisotopic (exact) mass is 286 g/mol. The van der Waals surface area contributed by atoms with Crippen LogP contribution in [0.2, 0.25) is 0 Å². The number of hydrogen-bond donors (Lipinski definition) is 1. The van der Waals surface area contributed by atoms with Gasteiger partial charge in [0.1, 0.15) is 0 Å². The zero-order chi connectivity index (χ0) is 13.4. The average molecular weight is 286 g/mol. The second kappa shape index (κ2) is 8.86. The Balaban J connectivity index is 2.40. The Kier molecular flexibility index (Phi) is 7.82. The molecule has 0 radical (unpaired) electrons. The summed E-state index contributed by atoms with van der Waals surface area (Å²) < 4.78 is 11.4. The van der Waals surface area contributed by atoms with Gasteiger partial charge >= 0.3 is 0 Å². The van der Waals surface area contributed by atoms with Crippen molar-refractivity contribution in [2.75, 3.05) is 12.4 Å². The summed E-state index contributed by atoms with van der Waals surface area (Å²) in [6, 6.07) is 10.3. The molecule has 102 valence electrons. The first kappa shape index (κ1) is 15.9. The highest BCUT2D eigenvalue weighted by Gasteiger charge is 2.13. The highest BCUT2D eigenvalue weighted by atomic mass is 32.2. The summed E-state index contributed by atoms with van der Waals surface area (Å²) in [4.78, 5) is 1.25. The molecule has 0 aliphatic carbocycles. The second-order valence-corrected chi connectivity index (χ2v) is 6.18. The van der Waals surface area contributed by atoms with Crippen molar-refractivity contribution < 1.29 is 9.47 Å². The molecule has 0 bridgehead atoms. The predicted molar refractivity (Wildman–Crippen MR) is 81.6 cm³/mol. The number of thiol groups is 1. The van der Waals surface area contributed by atoms with Crippen molar-refractivity contribution in [2.45, 2.75) is 43.3 Å². The number of thioether (sulfide) groups is 1. The maximum Gasteiger partial charge on any atom is 0.0976 e. The Morgan fingerprint density at radius 3 is 2.39 bits per heavy atom. The summed E-state index contributed by atoms with van der Waals surface area (Å²) in [6.45, 7) is 6.61. The maximum absolute atomic E-state index is 5.74. The van der Waals surface area contributed by atoms with Crippen molar-refractivity contribution >= 4 is 24.4 Å². The van der Waals surface area contributed by atoms with Crippen LogP contribution in [0.25, 0.3) is 0 Å². The third-order valence-electron chi connectivity index (χ3n) is 2.18. The van der Waals surface area contributed by atoms with Crippen LogP contribution in [0.5, 0.6) is 0 Å². The molecule has 0 N–H and O–H groups in total. The SMILES string of the molecule is CC(C)OCC(CSc1ccccc1)OC(C)S. The van der Waals surface area contributed by atoms with Crippen molar-refractivity contribution in [1.29, 1.82) is 0 Å². The molecule has 1 aromatic rings. The number of hydrogen-bond acceptors (Lipinski definition) is 4. The molecule has 1 rings (SSSR count). The van der Waals surface area contributed by atoms with Crippen LogP contribution in [0, 0.1) is 0 Å². The first-order valence-electron chi connectivity index (χ1n) is 6.21. The predicted octanol–water partition coefficient (Wildman–Crippen LogP) is 3.86. The summed E-state index contributed by atoms with van der Waals surface area (Å²) in [5.74, 6) is 0.877. The van der Waals surface area contributed by atoms with Gasteiger partial charge in [0.05, 0.1) is 24.3 Å². The second-order valence-electron chi connectivity index (χ2n) is 4.36. The van der Waals surface area contributed by atoms with Gasteiger partial charge in [-0.15, -0.1) is 24.4 Å². The van der Waals surface area contributed by atoms with Crippen LogP contribution in [0.4, 0.5) is 0 Å². The molecule has 2 atom stereocenters. The molecule has 0 saturated heterocycles. The quantitative estimate of drug-likeness (QED) is 0.445. The minimum Gasteiger partial charge on any atom is -0.376 e. The third kappa shape index (κ3) is 7.31. The number of ether oxygens (including phenoxy) is 2. The normalized spacial score (nSPS) is 14.7. The summed E-state index contributed by atoms with van der Waals surface area (Å²) in [6.07, 6.45) is 0.304. The molecule has 0 aromatic heterocycles. The fraction of sp³-hybridized carbons (Fsp3) is 0.571. The van der Waals surface area contributed by atoms with Gasteiger partial charge in [0.2, 0.25) is 0 Å². The number of benzene rings is 1. The van der Waals surface area contributed by atoms with Crippen molar-refractivity contribution in [3.8, 4) is 0 Å². The van der Waals surface area contributed by atoms with E-state index < -0.39 is 0 Å². The van der Waals surface area contributed by atoms with Gasteiger partial charge in [0, 0.05) is 10.6 Å². The van der Waals surface area contributed by atoms with Crippen LogP contribution < -0.4 is 0 Å². The Morgan fingerprint density at radius 2 is 1.83 bits per heavy atom. The zero-order valence-corrected chi connectivity index (χ0v) is 12.9. The lowest BCUT2D eigenvalue weighted by atomic mass is 10.4. The van der Waals surface area contributed by atoms with Crippen LogP contribution in [0.3, 0.4) is 0 Å². The lowest BCUT2D eigenvalue weighted by Crippen LogP contribution is -2.26. The molecule has 2 nitrogen and oxygen atoms in total. The molecule has 0 aliphatic rings. The van der Waals surface area contributed by atoms with Crippen molar-refractivity contribution in [3.63, 3.8) is 0 Å². The maximum atomic E-state index is 5.74. The Bertz CT molecular complexity index is 315. The summed E-state index contributed by atoms with van der Waals surface area (Å²) in [7, 11) is 0. The molecule has 0 amide bonds. The van der Waals surface area contributed by atoms with E-state index in [0.717, 1.165) is 5.75 Å². The largest absolute Gasteiger partial charge is 0.376 e. The van der Waals surface area contributed by atoms with Crippen molar-refractivity contribution in [1.82, 2.24) is 0 Å². The fourth-order valence-corrected chi connectivity index (χ4v) is 2.49. The highest BCUT2D eigenvalue weighted by Crippen LogP contribution is 2.20. The van der Waals surface area contributed by atoms with Gasteiger partial charge in [-0.05, 0) is 32.9 Å². The standard InChI is InChI=1S/C14H22O2S2/c1-11(2)15-9-13(16-12(3)17)10-18-14-7-5-4-6-8-14/h4-8,11-13,17H,9-10H2,1-3H3. The lowest BCUT2D eigenvalue weighted by Gasteiger charge is -2.21. The topological polar surface area (TPSA) is 18.5 Å². The van der Waals surface area contributed by atoms with Crippen molar-refractivity contribution in [2.24, 2.45) is 0 Å². The van der Waals surface area contributed by atoms with Gasteiger partial charge in [0.25, 0.3) is 0 Å². The molecular formula is C14H22O2S2. The van der Waals surface area contributed by atoms with E-state index in [1.165, 1.54) is 4.90 Å². The minimum absolute atomic E-state index is 0.0675. The summed E-state index contributed by atoms with van der Waals surface area (Å²) >= 11 is 6.06. The minimum atomic E-state index is -0.0675. The average Bonchev–Trinajstić information content (AvgIpc) is 2.33. The Hall–Kier alpha value is -0.160. The molecule has 0 aliphatic heterocycles. The van der Waals surface area contributed by atoms with E-state index in [4.69, 9.17) is 9.47 Å². The highest BCUT2D eigenvalue weighted by molar-refractivity contribution is 7.99. The number of rotatable bonds is 8. The van der Waals surface area contributed by atoms with E-state index in [9.17, 15) is 0 Å². The van der Waals surface area contributed by atoms with Gasteiger partial charge in [-0.2, -0.15) is 0 Å².